The summed E-state index contributed by atoms with van der Waals surface area (Å²) in [6.07, 6.45) is 7.81. The van der Waals surface area contributed by atoms with E-state index >= 15 is 0 Å². The molecule has 1 aromatic heterocycles. The SMILES string of the molecule is CCC(CC=Nc1c(C)nc(Cl)nc1N)C1CCCCO1. The molecule has 0 spiro atoms. The lowest BCUT2D eigenvalue weighted by atomic mass is 9.91. The van der Waals surface area contributed by atoms with Gasteiger partial charge < -0.3 is 10.5 Å². The second kappa shape index (κ2) is 7.71. The van der Waals surface area contributed by atoms with Crippen LogP contribution in [0.15, 0.2) is 4.99 Å². The van der Waals surface area contributed by atoms with Crippen molar-refractivity contribution in [2.75, 3.05) is 12.3 Å². The highest BCUT2D eigenvalue weighted by Gasteiger charge is 2.22. The van der Waals surface area contributed by atoms with Crippen LogP contribution in [0.4, 0.5) is 11.5 Å². The van der Waals surface area contributed by atoms with Gasteiger partial charge in [0.2, 0.25) is 5.28 Å². The molecule has 6 heteroatoms. The van der Waals surface area contributed by atoms with E-state index in [1.807, 2.05) is 13.1 Å². The Hall–Kier alpha value is -1.20. The topological polar surface area (TPSA) is 73.4 Å². The van der Waals surface area contributed by atoms with E-state index < -0.39 is 0 Å². The third-order valence-corrected chi connectivity index (χ3v) is 4.12. The van der Waals surface area contributed by atoms with Gasteiger partial charge in [-0.25, -0.2) is 4.98 Å². The molecular weight excluding hydrogens is 288 g/mol. The Labute approximate surface area is 131 Å². The van der Waals surface area contributed by atoms with Gasteiger partial charge in [0.05, 0.1) is 11.8 Å². The minimum absolute atomic E-state index is 0.158. The van der Waals surface area contributed by atoms with Crippen molar-refractivity contribution in [3.8, 4) is 0 Å². The van der Waals surface area contributed by atoms with E-state index in [2.05, 4.69) is 21.9 Å². The van der Waals surface area contributed by atoms with Crippen LogP contribution in [-0.2, 0) is 4.74 Å². The van der Waals surface area contributed by atoms with Crippen LogP contribution < -0.4 is 5.73 Å². The van der Waals surface area contributed by atoms with Gasteiger partial charge in [0.25, 0.3) is 0 Å². The van der Waals surface area contributed by atoms with Crippen LogP contribution in [0.3, 0.4) is 0 Å². The Morgan fingerprint density at radius 1 is 1.48 bits per heavy atom. The van der Waals surface area contributed by atoms with E-state index in [4.69, 9.17) is 22.1 Å². The molecule has 2 atom stereocenters. The van der Waals surface area contributed by atoms with Gasteiger partial charge in [0.15, 0.2) is 5.82 Å². The number of nitrogen functional groups attached to an aromatic ring is 1. The van der Waals surface area contributed by atoms with Crippen molar-refractivity contribution in [3.63, 3.8) is 0 Å². The van der Waals surface area contributed by atoms with Crippen molar-refractivity contribution in [2.24, 2.45) is 10.9 Å². The molecule has 0 aromatic carbocycles. The second-order valence-corrected chi connectivity index (χ2v) is 5.77. The van der Waals surface area contributed by atoms with Gasteiger partial charge in [-0.05, 0) is 50.1 Å². The van der Waals surface area contributed by atoms with Gasteiger partial charge in [-0.1, -0.05) is 13.3 Å². The Balaban J connectivity index is 2.00. The number of aromatic nitrogens is 2. The van der Waals surface area contributed by atoms with E-state index in [1.54, 1.807) is 0 Å². The molecule has 0 radical (unpaired) electrons. The molecule has 0 amide bonds. The fraction of sp³-hybridized carbons (Fsp3) is 0.667. The molecule has 1 aliphatic heterocycles. The monoisotopic (exact) mass is 310 g/mol. The molecule has 1 aromatic rings. The molecule has 2 unspecified atom stereocenters. The van der Waals surface area contributed by atoms with Crippen LogP contribution in [0.25, 0.3) is 0 Å². The van der Waals surface area contributed by atoms with Crippen molar-refractivity contribution < 1.29 is 4.74 Å². The predicted molar refractivity (Wildman–Crippen MR) is 86.3 cm³/mol. The summed E-state index contributed by atoms with van der Waals surface area (Å²) >= 11 is 5.76. The first-order valence-electron chi connectivity index (χ1n) is 7.55. The van der Waals surface area contributed by atoms with Crippen molar-refractivity contribution in [2.45, 2.75) is 52.1 Å². The maximum absolute atomic E-state index is 5.87. The second-order valence-electron chi connectivity index (χ2n) is 5.43. The van der Waals surface area contributed by atoms with Crippen LogP contribution >= 0.6 is 11.6 Å². The number of halogens is 1. The number of aryl methyl sites for hydroxylation is 1. The van der Waals surface area contributed by atoms with Gasteiger partial charge in [0.1, 0.15) is 5.69 Å². The first-order chi connectivity index (χ1) is 10.1. The molecule has 1 fully saturated rings. The molecule has 2 rings (SSSR count). The van der Waals surface area contributed by atoms with Crippen molar-refractivity contribution in [1.82, 2.24) is 9.97 Å². The van der Waals surface area contributed by atoms with E-state index in [0.29, 0.717) is 29.2 Å². The average Bonchev–Trinajstić information content (AvgIpc) is 2.46. The summed E-state index contributed by atoms with van der Waals surface area (Å²) in [6.45, 7) is 4.91. The maximum atomic E-state index is 5.87. The van der Waals surface area contributed by atoms with E-state index in [1.165, 1.54) is 12.8 Å². The summed E-state index contributed by atoms with van der Waals surface area (Å²) in [5, 5.41) is 0.158. The number of rotatable bonds is 5. The number of aliphatic imine (C=N–C) groups is 1. The summed E-state index contributed by atoms with van der Waals surface area (Å²) in [7, 11) is 0. The van der Waals surface area contributed by atoms with Gasteiger partial charge in [-0.15, -0.1) is 0 Å². The number of ether oxygens (including phenoxy) is 1. The molecule has 0 saturated carbocycles. The van der Waals surface area contributed by atoms with Crippen molar-refractivity contribution in [3.05, 3.63) is 11.0 Å². The van der Waals surface area contributed by atoms with Crippen molar-refractivity contribution in [1.29, 1.82) is 0 Å². The lowest BCUT2D eigenvalue weighted by Gasteiger charge is -2.29. The molecule has 1 saturated heterocycles. The van der Waals surface area contributed by atoms with Gasteiger partial charge in [0, 0.05) is 12.8 Å². The van der Waals surface area contributed by atoms with Crippen LogP contribution in [0.2, 0.25) is 5.28 Å². The van der Waals surface area contributed by atoms with Gasteiger partial charge in [-0.3, -0.25) is 4.99 Å². The zero-order valence-electron chi connectivity index (χ0n) is 12.7. The smallest absolute Gasteiger partial charge is 0.224 e. The zero-order chi connectivity index (χ0) is 15.2. The molecule has 2 heterocycles. The summed E-state index contributed by atoms with van der Waals surface area (Å²) < 4.78 is 5.87. The van der Waals surface area contributed by atoms with Crippen LogP contribution in [-0.4, -0.2) is 28.9 Å². The Morgan fingerprint density at radius 2 is 2.29 bits per heavy atom. The Bertz CT molecular complexity index is 477. The number of nitrogens with zero attached hydrogens (tertiary/aromatic N) is 3. The average molecular weight is 311 g/mol. The zero-order valence-corrected chi connectivity index (χ0v) is 13.4. The predicted octanol–water partition coefficient (Wildman–Crippen LogP) is 3.71. The molecule has 0 aliphatic carbocycles. The van der Waals surface area contributed by atoms with Crippen LogP contribution in [0.5, 0.6) is 0 Å². The van der Waals surface area contributed by atoms with E-state index in [-0.39, 0.29) is 5.28 Å². The standard InChI is InChI=1S/C15H23ClN4O/c1-3-11(12-6-4-5-9-21-12)7-8-18-13-10(2)19-15(16)20-14(13)17/h8,11-12H,3-7,9H2,1-2H3,(H2,17,19,20). The molecule has 116 valence electrons. The fourth-order valence-corrected chi connectivity index (χ4v) is 2.93. The van der Waals surface area contributed by atoms with Crippen LogP contribution in [0, 0.1) is 12.8 Å². The van der Waals surface area contributed by atoms with Gasteiger partial charge >= 0.3 is 0 Å². The summed E-state index contributed by atoms with van der Waals surface area (Å²) in [5.74, 6) is 0.828. The molecule has 0 bridgehead atoms. The summed E-state index contributed by atoms with van der Waals surface area (Å²) in [4.78, 5) is 12.5. The summed E-state index contributed by atoms with van der Waals surface area (Å²) in [5.41, 5.74) is 7.15. The highest BCUT2D eigenvalue weighted by molar-refractivity contribution is 6.28. The number of nitrogens with two attached hydrogens (primary N) is 1. The van der Waals surface area contributed by atoms with Crippen LogP contribution in [0.1, 0.15) is 44.7 Å². The number of hydrogen-bond donors (Lipinski definition) is 1. The van der Waals surface area contributed by atoms with Gasteiger partial charge in [-0.2, -0.15) is 4.98 Å². The highest BCUT2D eigenvalue weighted by atomic mass is 35.5. The third kappa shape index (κ3) is 4.38. The Kier molecular flexibility index (Phi) is 5.94. The molecule has 21 heavy (non-hydrogen) atoms. The minimum Gasteiger partial charge on any atom is -0.382 e. The molecule has 5 nitrogen and oxygen atoms in total. The largest absolute Gasteiger partial charge is 0.382 e. The fourth-order valence-electron chi connectivity index (χ4n) is 2.71. The quantitative estimate of drug-likeness (QED) is 0.664. The van der Waals surface area contributed by atoms with E-state index in [0.717, 1.165) is 25.9 Å². The summed E-state index contributed by atoms with van der Waals surface area (Å²) in [6, 6.07) is 0. The highest BCUT2D eigenvalue weighted by Crippen LogP contribution is 2.27. The number of hydrogen-bond acceptors (Lipinski definition) is 5. The Morgan fingerprint density at radius 3 is 2.90 bits per heavy atom. The normalized spacial score (nSPS) is 20.8. The lowest BCUT2D eigenvalue weighted by molar-refractivity contribution is -0.0198. The first kappa shape index (κ1) is 16.2. The van der Waals surface area contributed by atoms with E-state index in [9.17, 15) is 0 Å². The molecule has 2 N–H and O–H groups in total. The third-order valence-electron chi connectivity index (χ3n) is 3.95. The molecular formula is C15H23ClN4O. The minimum atomic E-state index is 0.158. The lowest BCUT2D eigenvalue weighted by Crippen LogP contribution is -2.27. The number of anilines is 1. The first-order valence-corrected chi connectivity index (χ1v) is 7.93. The maximum Gasteiger partial charge on any atom is 0.224 e. The van der Waals surface area contributed by atoms with Crippen molar-refractivity contribution >= 4 is 29.3 Å². The molecule has 1 aliphatic rings.